The van der Waals surface area contributed by atoms with E-state index in [1.54, 1.807) is 29.2 Å². The van der Waals surface area contributed by atoms with Gasteiger partial charge in [-0.2, -0.15) is 0 Å². The lowest BCUT2D eigenvalue weighted by atomic mass is 10.1. The lowest BCUT2D eigenvalue weighted by molar-refractivity contribution is -0.141. The van der Waals surface area contributed by atoms with Crippen LogP contribution in [-0.4, -0.2) is 50.5 Å². The smallest absolute Gasteiger partial charge is 0.242 e. The average molecular weight is 522 g/mol. The second-order valence-electron chi connectivity index (χ2n) is 8.64. The number of carbonyl (C=O) groups is 2. The standard InChI is InChI=1S/C26H36ClN3O4S/c1-5-16-28-26(32)24(6-2)29(19-21-12-14-22(27)15-13-21)25(31)11-8-17-30(35(4,33)34)23-10-7-9-20(3)18-23/h7,9-10,12-15,18,24H,5-6,8,11,16-17,19H2,1-4H3,(H,28,32)/t24-/m0/s1. The Kier molecular flexibility index (Phi) is 11.0. The third-order valence-corrected chi connectivity index (χ3v) is 7.09. The number of anilines is 1. The van der Waals surface area contributed by atoms with E-state index < -0.39 is 16.1 Å². The molecule has 2 aromatic rings. The first-order chi connectivity index (χ1) is 16.6. The normalized spacial score (nSPS) is 12.1. The van der Waals surface area contributed by atoms with Gasteiger partial charge in [-0.05, 0) is 61.6 Å². The molecule has 35 heavy (non-hydrogen) atoms. The van der Waals surface area contributed by atoms with Gasteiger partial charge in [-0.1, -0.05) is 49.7 Å². The van der Waals surface area contributed by atoms with Crippen molar-refractivity contribution in [3.63, 3.8) is 0 Å². The number of nitrogens with one attached hydrogen (secondary N) is 1. The summed E-state index contributed by atoms with van der Waals surface area (Å²) in [6, 6.07) is 13.8. The lowest BCUT2D eigenvalue weighted by Gasteiger charge is -2.31. The SMILES string of the molecule is CCCNC(=O)[C@H](CC)N(Cc1ccc(Cl)cc1)C(=O)CCCN(c1cccc(C)c1)S(C)(=O)=O. The first kappa shape index (κ1) is 28.7. The maximum absolute atomic E-state index is 13.4. The molecule has 0 heterocycles. The van der Waals surface area contributed by atoms with E-state index in [2.05, 4.69) is 5.32 Å². The minimum absolute atomic E-state index is 0.114. The predicted octanol–water partition coefficient (Wildman–Crippen LogP) is 4.53. The summed E-state index contributed by atoms with van der Waals surface area (Å²) in [4.78, 5) is 27.8. The van der Waals surface area contributed by atoms with E-state index in [4.69, 9.17) is 11.6 Å². The zero-order valence-electron chi connectivity index (χ0n) is 21.0. The molecule has 2 rings (SSSR count). The van der Waals surface area contributed by atoms with Crippen molar-refractivity contribution < 1.29 is 18.0 Å². The van der Waals surface area contributed by atoms with Crippen LogP contribution in [0.3, 0.4) is 0 Å². The molecule has 0 aromatic heterocycles. The number of amides is 2. The summed E-state index contributed by atoms with van der Waals surface area (Å²) in [5, 5.41) is 3.49. The summed E-state index contributed by atoms with van der Waals surface area (Å²) >= 11 is 6.01. The fourth-order valence-corrected chi connectivity index (χ4v) is 4.94. The van der Waals surface area contributed by atoms with Gasteiger partial charge in [-0.3, -0.25) is 13.9 Å². The number of benzene rings is 2. The summed E-state index contributed by atoms with van der Waals surface area (Å²) in [5.41, 5.74) is 2.38. The van der Waals surface area contributed by atoms with Gasteiger partial charge >= 0.3 is 0 Å². The number of rotatable bonds is 13. The Labute approximate surface area is 214 Å². The summed E-state index contributed by atoms with van der Waals surface area (Å²) in [7, 11) is -3.52. The molecule has 2 aromatic carbocycles. The van der Waals surface area contributed by atoms with E-state index in [0.29, 0.717) is 30.1 Å². The molecule has 2 amide bonds. The number of nitrogens with zero attached hydrogens (tertiary/aromatic N) is 2. The summed E-state index contributed by atoms with van der Waals surface area (Å²) in [5.74, 6) is -0.384. The largest absolute Gasteiger partial charge is 0.354 e. The van der Waals surface area contributed by atoms with E-state index >= 15 is 0 Å². The van der Waals surface area contributed by atoms with Crippen molar-refractivity contribution >= 4 is 39.1 Å². The highest BCUT2D eigenvalue weighted by atomic mass is 35.5. The van der Waals surface area contributed by atoms with Crippen LogP contribution >= 0.6 is 11.6 Å². The monoisotopic (exact) mass is 521 g/mol. The van der Waals surface area contributed by atoms with Gasteiger partial charge in [0.15, 0.2) is 0 Å². The molecule has 0 aliphatic heterocycles. The molecule has 0 saturated carbocycles. The minimum Gasteiger partial charge on any atom is -0.354 e. The van der Waals surface area contributed by atoms with Gasteiger partial charge in [-0.25, -0.2) is 8.42 Å². The highest BCUT2D eigenvalue weighted by Gasteiger charge is 2.28. The molecule has 0 aliphatic carbocycles. The number of aryl methyl sites for hydroxylation is 1. The maximum Gasteiger partial charge on any atom is 0.242 e. The van der Waals surface area contributed by atoms with Crippen LogP contribution in [0.25, 0.3) is 0 Å². The second kappa shape index (κ2) is 13.5. The third kappa shape index (κ3) is 8.85. The van der Waals surface area contributed by atoms with Gasteiger partial charge in [-0.15, -0.1) is 0 Å². The summed E-state index contributed by atoms with van der Waals surface area (Å²) in [6.45, 7) is 6.72. The molecular weight excluding hydrogens is 486 g/mol. The summed E-state index contributed by atoms with van der Waals surface area (Å²) < 4.78 is 26.2. The Morgan fingerprint density at radius 1 is 1.09 bits per heavy atom. The topological polar surface area (TPSA) is 86.8 Å². The quantitative estimate of drug-likeness (QED) is 0.419. The first-order valence-corrected chi connectivity index (χ1v) is 14.2. The van der Waals surface area contributed by atoms with Gasteiger partial charge in [0.25, 0.3) is 0 Å². The molecule has 0 aliphatic rings. The fourth-order valence-electron chi connectivity index (χ4n) is 3.86. The van der Waals surface area contributed by atoms with Crippen LogP contribution in [0.2, 0.25) is 5.02 Å². The van der Waals surface area contributed by atoms with Crippen molar-refractivity contribution in [3.05, 3.63) is 64.7 Å². The number of carbonyl (C=O) groups excluding carboxylic acids is 2. The van der Waals surface area contributed by atoms with Crippen molar-refractivity contribution in [1.29, 1.82) is 0 Å². The third-order valence-electron chi connectivity index (χ3n) is 5.64. The van der Waals surface area contributed by atoms with Crippen LogP contribution in [0, 0.1) is 6.92 Å². The Bertz CT molecular complexity index is 1090. The van der Waals surface area contributed by atoms with Gasteiger partial charge in [0.2, 0.25) is 21.8 Å². The Balaban J connectivity index is 2.19. The van der Waals surface area contributed by atoms with Gasteiger partial charge < -0.3 is 10.2 Å². The molecular formula is C26H36ClN3O4S. The molecule has 1 N–H and O–H groups in total. The predicted molar refractivity (Wildman–Crippen MR) is 142 cm³/mol. The molecule has 7 nitrogen and oxygen atoms in total. The van der Waals surface area contributed by atoms with Crippen LogP contribution in [0.15, 0.2) is 48.5 Å². The highest BCUT2D eigenvalue weighted by molar-refractivity contribution is 7.92. The Morgan fingerprint density at radius 3 is 2.34 bits per heavy atom. The van der Waals surface area contributed by atoms with Gasteiger partial charge in [0.05, 0.1) is 11.9 Å². The molecule has 192 valence electrons. The Morgan fingerprint density at radius 2 is 1.77 bits per heavy atom. The van der Waals surface area contributed by atoms with E-state index in [1.165, 1.54) is 4.31 Å². The second-order valence-corrected chi connectivity index (χ2v) is 11.0. The highest BCUT2D eigenvalue weighted by Crippen LogP contribution is 2.21. The van der Waals surface area contributed by atoms with Crippen LogP contribution in [-0.2, 0) is 26.2 Å². The molecule has 0 bridgehead atoms. The average Bonchev–Trinajstić information content (AvgIpc) is 2.80. The molecule has 0 radical (unpaired) electrons. The number of hydrogen-bond acceptors (Lipinski definition) is 4. The molecule has 0 saturated heterocycles. The van der Waals surface area contributed by atoms with E-state index in [9.17, 15) is 18.0 Å². The van der Waals surface area contributed by atoms with Crippen LogP contribution in [0.4, 0.5) is 5.69 Å². The zero-order chi connectivity index (χ0) is 26.0. The molecule has 1 atom stereocenters. The van der Waals surface area contributed by atoms with Crippen LogP contribution < -0.4 is 9.62 Å². The molecule has 9 heteroatoms. The lowest BCUT2D eigenvalue weighted by Crippen LogP contribution is -2.49. The first-order valence-electron chi connectivity index (χ1n) is 11.9. The van der Waals surface area contributed by atoms with Crippen molar-refractivity contribution in [2.24, 2.45) is 0 Å². The van der Waals surface area contributed by atoms with E-state index in [1.807, 2.05) is 45.0 Å². The van der Waals surface area contributed by atoms with Crippen LogP contribution in [0.5, 0.6) is 0 Å². The number of halogens is 1. The number of sulfonamides is 1. The van der Waals surface area contributed by atoms with Crippen molar-refractivity contribution in [2.75, 3.05) is 23.7 Å². The summed E-state index contributed by atoms with van der Waals surface area (Å²) in [6.07, 6.45) is 2.86. The Hall–Kier alpha value is -2.58. The van der Waals surface area contributed by atoms with Crippen molar-refractivity contribution in [1.82, 2.24) is 10.2 Å². The number of hydrogen-bond donors (Lipinski definition) is 1. The van der Waals surface area contributed by atoms with Crippen molar-refractivity contribution in [2.45, 2.75) is 59.0 Å². The van der Waals surface area contributed by atoms with E-state index in [-0.39, 0.29) is 31.3 Å². The van der Waals surface area contributed by atoms with Crippen LogP contribution in [0.1, 0.15) is 50.7 Å². The van der Waals surface area contributed by atoms with E-state index in [0.717, 1.165) is 23.8 Å². The van der Waals surface area contributed by atoms with Gasteiger partial charge in [0, 0.05) is 31.1 Å². The maximum atomic E-state index is 13.4. The molecule has 0 unspecified atom stereocenters. The molecule has 0 spiro atoms. The van der Waals surface area contributed by atoms with Crippen molar-refractivity contribution in [3.8, 4) is 0 Å². The zero-order valence-corrected chi connectivity index (χ0v) is 22.5. The minimum atomic E-state index is -3.52. The fraction of sp³-hybridized carbons (Fsp3) is 0.462. The molecule has 0 fully saturated rings. The van der Waals surface area contributed by atoms with Gasteiger partial charge in [0.1, 0.15) is 6.04 Å².